The molecule has 154 valence electrons. The number of rotatable bonds is 13. The van der Waals surface area contributed by atoms with E-state index in [0.29, 0.717) is 6.10 Å². The second kappa shape index (κ2) is 15.2. The lowest BCUT2D eigenvalue weighted by Gasteiger charge is -2.34. The number of piperidine rings is 1. The van der Waals surface area contributed by atoms with Crippen molar-refractivity contribution in [3.63, 3.8) is 0 Å². The van der Waals surface area contributed by atoms with Gasteiger partial charge in [0.25, 0.3) is 0 Å². The first-order valence-electron chi connectivity index (χ1n) is 10.6. The monoisotopic (exact) mass is 370 g/mol. The lowest BCUT2D eigenvalue weighted by atomic mass is 10.1. The van der Waals surface area contributed by atoms with Crippen LogP contribution in [0.4, 0.5) is 0 Å². The zero-order valence-electron chi connectivity index (χ0n) is 17.6. The lowest BCUT2D eigenvalue weighted by Crippen LogP contribution is -2.47. The van der Waals surface area contributed by atoms with Crippen LogP contribution in [0.5, 0.6) is 0 Å². The van der Waals surface area contributed by atoms with Gasteiger partial charge >= 0.3 is 0 Å². The highest BCUT2D eigenvalue weighted by Crippen LogP contribution is 2.14. The van der Waals surface area contributed by atoms with E-state index in [1.54, 1.807) is 7.11 Å². The van der Waals surface area contributed by atoms with Crippen LogP contribution < -0.4 is 5.32 Å². The minimum atomic E-state index is 0.389. The molecule has 1 rings (SSSR count). The van der Waals surface area contributed by atoms with Crippen LogP contribution in [-0.4, -0.2) is 88.0 Å². The molecule has 6 nitrogen and oxygen atoms in total. The van der Waals surface area contributed by atoms with Crippen molar-refractivity contribution in [3.8, 4) is 0 Å². The fourth-order valence-corrected chi connectivity index (χ4v) is 3.29. The van der Waals surface area contributed by atoms with Crippen LogP contribution in [0, 0.1) is 0 Å². The highest BCUT2D eigenvalue weighted by molar-refractivity contribution is 5.80. The van der Waals surface area contributed by atoms with Crippen molar-refractivity contribution in [2.75, 3.05) is 66.1 Å². The third-order valence-electron chi connectivity index (χ3n) is 4.96. The minimum absolute atomic E-state index is 0.389. The number of aliphatic imine (C=N–C) groups is 1. The number of hydrogen-bond acceptors (Lipinski definition) is 4. The van der Waals surface area contributed by atoms with Crippen molar-refractivity contribution < 1.29 is 9.47 Å². The normalized spacial score (nSPS) is 16.5. The molecular formula is C20H42N4O2. The first kappa shape index (κ1) is 23.2. The summed E-state index contributed by atoms with van der Waals surface area (Å²) in [5, 5.41) is 3.46. The molecular weight excluding hydrogens is 328 g/mol. The van der Waals surface area contributed by atoms with Crippen LogP contribution in [0.25, 0.3) is 0 Å². The van der Waals surface area contributed by atoms with Crippen molar-refractivity contribution >= 4 is 5.96 Å². The molecule has 0 spiro atoms. The van der Waals surface area contributed by atoms with Gasteiger partial charge in [0.1, 0.15) is 0 Å². The van der Waals surface area contributed by atoms with Crippen LogP contribution in [-0.2, 0) is 9.47 Å². The summed E-state index contributed by atoms with van der Waals surface area (Å²) >= 11 is 0. The van der Waals surface area contributed by atoms with Gasteiger partial charge in [-0.2, -0.15) is 0 Å². The van der Waals surface area contributed by atoms with Crippen LogP contribution in [0.1, 0.15) is 52.9 Å². The number of nitrogens with one attached hydrogen (secondary N) is 1. The first-order chi connectivity index (χ1) is 12.7. The predicted octanol–water partition coefficient (Wildman–Crippen LogP) is 2.59. The summed E-state index contributed by atoms with van der Waals surface area (Å²) in [6, 6.07) is 0. The molecule has 1 fully saturated rings. The van der Waals surface area contributed by atoms with E-state index in [1.807, 2.05) is 0 Å². The van der Waals surface area contributed by atoms with Gasteiger partial charge in [0, 0.05) is 46.5 Å². The molecule has 0 aromatic carbocycles. The van der Waals surface area contributed by atoms with Crippen molar-refractivity contribution in [1.82, 2.24) is 15.1 Å². The molecule has 0 atom stereocenters. The van der Waals surface area contributed by atoms with E-state index in [1.165, 1.54) is 13.0 Å². The highest BCUT2D eigenvalue weighted by atomic mass is 16.5. The molecule has 0 unspecified atom stereocenters. The van der Waals surface area contributed by atoms with Crippen LogP contribution in [0.15, 0.2) is 4.99 Å². The zero-order valence-corrected chi connectivity index (χ0v) is 17.6. The average molecular weight is 371 g/mol. The Labute approximate surface area is 161 Å². The summed E-state index contributed by atoms with van der Waals surface area (Å²) in [6.07, 6.45) is 5.92. The second-order valence-corrected chi connectivity index (χ2v) is 6.87. The Balaban J connectivity index is 2.29. The van der Waals surface area contributed by atoms with Crippen LogP contribution >= 0.6 is 0 Å². The second-order valence-electron chi connectivity index (χ2n) is 6.87. The topological polar surface area (TPSA) is 49.3 Å². The van der Waals surface area contributed by atoms with Gasteiger partial charge < -0.3 is 24.6 Å². The number of likely N-dealkylation sites (tertiary alicyclic amines) is 1. The molecule has 0 radical (unpaired) electrons. The Morgan fingerprint density at radius 2 is 1.81 bits per heavy atom. The molecule has 0 aromatic heterocycles. The Bertz CT molecular complexity index is 354. The predicted molar refractivity (Wildman–Crippen MR) is 110 cm³/mol. The van der Waals surface area contributed by atoms with Gasteiger partial charge in [-0.3, -0.25) is 4.99 Å². The van der Waals surface area contributed by atoms with Crippen LogP contribution in [0.2, 0.25) is 0 Å². The summed E-state index contributed by atoms with van der Waals surface area (Å²) in [5.41, 5.74) is 0. The van der Waals surface area contributed by atoms with E-state index >= 15 is 0 Å². The Hall–Kier alpha value is -0.850. The average Bonchev–Trinajstić information content (AvgIpc) is 2.68. The van der Waals surface area contributed by atoms with Crippen LogP contribution in [0.3, 0.4) is 0 Å². The van der Waals surface area contributed by atoms with Gasteiger partial charge in [0.2, 0.25) is 0 Å². The van der Waals surface area contributed by atoms with E-state index < -0.39 is 0 Å². The number of ether oxygens (including phenoxy) is 2. The fourth-order valence-electron chi connectivity index (χ4n) is 3.29. The number of nitrogens with zero attached hydrogens (tertiary/aromatic N) is 3. The smallest absolute Gasteiger partial charge is 0.193 e. The first-order valence-corrected chi connectivity index (χ1v) is 10.6. The van der Waals surface area contributed by atoms with Gasteiger partial charge in [0.15, 0.2) is 5.96 Å². The molecule has 0 bridgehead atoms. The summed E-state index contributed by atoms with van der Waals surface area (Å²) < 4.78 is 11.0. The summed E-state index contributed by atoms with van der Waals surface area (Å²) in [7, 11) is 1.74. The molecule has 0 aliphatic carbocycles. The van der Waals surface area contributed by atoms with Crippen molar-refractivity contribution in [2.45, 2.75) is 59.0 Å². The summed E-state index contributed by atoms with van der Waals surface area (Å²) in [4.78, 5) is 9.72. The number of methoxy groups -OCH3 is 1. The van der Waals surface area contributed by atoms with Gasteiger partial charge in [-0.25, -0.2) is 0 Å². The van der Waals surface area contributed by atoms with E-state index in [4.69, 9.17) is 14.5 Å². The molecule has 1 saturated heterocycles. The summed E-state index contributed by atoms with van der Waals surface area (Å²) in [6.45, 7) is 15.6. The van der Waals surface area contributed by atoms with Gasteiger partial charge in [-0.1, -0.05) is 13.8 Å². The third-order valence-corrected chi connectivity index (χ3v) is 4.96. The van der Waals surface area contributed by atoms with E-state index in [9.17, 15) is 0 Å². The quantitative estimate of drug-likeness (QED) is 0.307. The van der Waals surface area contributed by atoms with Gasteiger partial charge in [-0.15, -0.1) is 0 Å². The molecule has 1 aliphatic heterocycles. The lowest BCUT2D eigenvalue weighted by molar-refractivity contribution is 0.00990. The Kier molecular flexibility index (Phi) is 13.6. The SMILES string of the molecule is CCNC(=NCCCCN(CC)CC)N1CCC(OCCCOC)CC1. The maximum atomic E-state index is 5.96. The fraction of sp³-hybridized carbons (Fsp3) is 0.950. The van der Waals surface area contributed by atoms with Gasteiger partial charge in [-0.05, 0) is 58.7 Å². The molecule has 1 N–H and O–H groups in total. The highest BCUT2D eigenvalue weighted by Gasteiger charge is 2.21. The number of unbranched alkanes of at least 4 members (excludes halogenated alkanes) is 1. The maximum Gasteiger partial charge on any atom is 0.193 e. The zero-order chi connectivity index (χ0) is 19.0. The molecule has 0 amide bonds. The molecule has 1 aliphatic rings. The van der Waals surface area contributed by atoms with E-state index in [-0.39, 0.29) is 0 Å². The van der Waals surface area contributed by atoms with Crippen molar-refractivity contribution in [2.24, 2.45) is 4.99 Å². The molecule has 0 aromatic rings. The maximum absolute atomic E-state index is 5.96. The standard InChI is InChI=1S/C20H42N4O2/c1-5-21-20(22-13-8-9-14-23(6-2)7-3)24-15-11-19(12-16-24)26-18-10-17-25-4/h19H,5-18H2,1-4H3,(H,21,22). The van der Waals surface area contributed by atoms with Crippen molar-refractivity contribution in [1.29, 1.82) is 0 Å². The van der Waals surface area contributed by atoms with Gasteiger partial charge in [0.05, 0.1) is 6.10 Å². The van der Waals surface area contributed by atoms with Crippen molar-refractivity contribution in [3.05, 3.63) is 0 Å². The van der Waals surface area contributed by atoms with E-state index in [2.05, 4.69) is 35.9 Å². The molecule has 6 heteroatoms. The summed E-state index contributed by atoms with van der Waals surface area (Å²) in [5.74, 6) is 1.08. The molecule has 1 heterocycles. The van der Waals surface area contributed by atoms with E-state index in [0.717, 1.165) is 84.1 Å². The third kappa shape index (κ3) is 9.74. The minimum Gasteiger partial charge on any atom is -0.385 e. The molecule has 26 heavy (non-hydrogen) atoms. The number of guanidine groups is 1. The molecule has 0 saturated carbocycles. The Morgan fingerprint density at radius 1 is 1.08 bits per heavy atom. The Morgan fingerprint density at radius 3 is 2.42 bits per heavy atom. The largest absolute Gasteiger partial charge is 0.385 e. The number of hydrogen-bond donors (Lipinski definition) is 1.